The van der Waals surface area contributed by atoms with E-state index in [9.17, 15) is 43.2 Å². The Hall–Kier alpha value is -1.94. The van der Waals surface area contributed by atoms with E-state index in [0.29, 0.717) is 25.7 Å². The van der Waals surface area contributed by atoms with Crippen molar-refractivity contribution < 1.29 is 80.2 Å². The van der Waals surface area contributed by atoms with Gasteiger partial charge in [-0.1, -0.05) is 279 Å². The van der Waals surface area contributed by atoms with Gasteiger partial charge in [-0.3, -0.25) is 37.3 Å². The molecule has 0 aromatic heterocycles. The van der Waals surface area contributed by atoms with Gasteiger partial charge in [0.2, 0.25) is 0 Å². The van der Waals surface area contributed by atoms with E-state index < -0.39 is 97.5 Å². The van der Waals surface area contributed by atoms with Crippen LogP contribution in [0.1, 0.15) is 330 Å². The molecule has 0 aliphatic rings. The Morgan fingerprint density at radius 1 is 0.341 bits per heavy atom. The zero-order valence-electron chi connectivity index (χ0n) is 54.9. The first-order valence-corrected chi connectivity index (χ1v) is 37.5. The number of aliphatic hydroxyl groups is 1. The van der Waals surface area contributed by atoms with Gasteiger partial charge >= 0.3 is 39.5 Å². The van der Waals surface area contributed by atoms with Crippen molar-refractivity contribution in [2.75, 3.05) is 39.6 Å². The van der Waals surface area contributed by atoms with Gasteiger partial charge in [0.15, 0.2) is 12.2 Å². The highest BCUT2D eigenvalue weighted by Crippen LogP contribution is 2.45. The highest BCUT2D eigenvalue weighted by molar-refractivity contribution is 7.47. The summed E-state index contributed by atoms with van der Waals surface area (Å²) in [6, 6.07) is 0. The van der Waals surface area contributed by atoms with E-state index in [4.69, 9.17) is 37.0 Å². The molecule has 0 fully saturated rings. The summed E-state index contributed by atoms with van der Waals surface area (Å²) < 4.78 is 67.9. The SMILES string of the molecule is CCCCCCCCCC(=O)OC[C@H](COP(=O)(O)OC[C@H](O)COP(=O)(O)OC[C@@H](COC(=O)CCCCCCCCCCC(C)CC)OC(=O)CCCCCCCCCCCCCCCCCCC(C)C)OC(=O)CCCCCCCCC. The summed E-state index contributed by atoms with van der Waals surface area (Å²) in [4.78, 5) is 72.0. The summed E-state index contributed by atoms with van der Waals surface area (Å²) in [5.74, 6) is -0.553. The van der Waals surface area contributed by atoms with E-state index in [1.54, 1.807) is 0 Å². The smallest absolute Gasteiger partial charge is 0.462 e. The Balaban J connectivity index is 5.14. The Morgan fingerprint density at radius 2 is 0.600 bits per heavy atom. The first-order valence-electron chi connectivity index (χ1n) is 34.5. The van der Waals surface area contributed by atoms with Crippen LogP contribution in [0.4, 0.5) is 0 Å². The van der Waals surface area contributed by atoms with Crippen LogP contribution in [0.5, 0.6) is 0 Å². The number of rotatable bonds is 65. The lowest BCUT2D eigenvalue weighted by molar-refractivity contribution is -0.161. The lowest BCUT2D eigenvalue weighted by Crippen LogP contribution is -2.30. The highest BCUT2D eigenvalue weighted by atomic mass is 31.2. The van der Waals surface area contributed by atoms with E-state index in [1.165, 1.54) is 122 Å². The van der Waals surface area contributed by atoms with Crippen LogP contribution in [0, 0.1) is 11.8 Å². The molecule has 0 spiro atoms. The van der Waals surface area contributed by atoms with E-state index in [1.807, 2.05) is 0 Å². The molecule has 0 saturated carbocycles. The van der Waals surface area contributed by atoms with Crippen LogP contribution in [-0.2, 0) is 65.4 Å². The quantitative estimate of drug-likeness (QED) is 0.0222. The maximum Gasteiger partial charge on any atom is 0.472 e. The highest BCUT2D eigenvalue weighted by Gasteiger charge is 2.30. The minimum absolute atomic E-state index is 0.103. The number of hydrogen-bond donors (Lipinski definition) is 3. The second-order valence-corrected chi connectivity index (χ2v) is 27.5. The van der Waals surface area contributed by atoms with Crippen LogP contribution in [0.3, 0.4) is 0 Å². The molecule has 6 atom stereocenters. The summed E-state index contributed by atoms with van der Waals surface area (Å²) in [5.41, 5.74) is 0. The van der Waals surface area contributed by atoms with Gasteiger partial charge in [0.05, 0.1) is 26.4 Å². The van der Waals surface area contributed by atoms with Crippen molar-refractivity contribution in [2.45, 2.75) is 349 Å². The van der Waals surface area contributed by atoms with Crippen LogP contribution in [0.25, 0.3) is 0 Å². The van der Waals surface area contributed by atoms with Gasteiger partial charge in [-0.2, -0.15) is 0 Å². The number of carbonyl (C=O) groups is 4. The van der Waals surface area contributed by atoms with E-state index >= 15 is 0 Å². The minimum Gasteiger partial charge on any atom is -0.462 e. The maximum atomic E-state index is 13.0. The molecule has 0 saturated heterocycles. The number of carbonyl (C=O) groups excluding carboxylic acids is 4. The molecule has 3 N–H and O–H groups in total. The summed E-state index contributed by atoms with van der Waals surface area (Å²) in [6.07, 6.45) is 42.0. The minimum atomic E-state index is -4.95. The fourth-order valence-corrected chi connectivity index (χ4v) is 11.4. The van der Waals surface area contributed by atoms with Crippen LogP contribution < -0.4 is 0 Å². The van der Waals surface area contributed by atoms with Gasteiger partial charge in [-0.25, -0.2) is 9.13 Å². The molecular formula is C66H128O17P2. The van der Waals surface area contributed by atoms with E-state index in [2.05, 4.69) is 41.5 Å². The molecule has 85 heavy (non-hydrogen) atoms. The molecule has 17 nitrogen and oxygen atoms in total. The first-order chi connectivity index (χ1) is 40.9. The monoisotopic (exact) mass is 1250 g/mol. The number of ether oxygens (including phenoxy) is 4. The van der Waals surface area contributed by atoms with Crippen molar-refractivity contribution in [3.05, 3.63) is 0 Å². The maximum absolute atomic E-state index is 13.0. The third kappa shape index (κ3) is 59.5. The molecule has 504 valence electrons. The molecule has 0 radical (unpaired) electrons. The zero-order valence-corrected chi connectivity index (χ0v) is 56.7. The lowest BCUT2D eigenvalue weighted by Gasteiger charge is -2.21. The predicted octanol–water partition coefficient (Wildman–Crippen LogP) is 18.4. The molecule has 0 aliphatic heterocycles. The van der Waals surface area contributed by atoms with Crippen molar-refractivity contribution in [1.82, 2.24) is 0 Å². The average molecular weight is 1260 g/mol. The van der Waals surface area contributed by atoms with Gasteiger partial charge in [0, 0.05) is 25.7 Å². The van der Waals surface area contributed by atoms with Gasteiger partial charge in [0.1, 0.15) is 19.3 Å². The summed E-state index contributed by atoms with van der Waals surface area (Å²) in [7, 11) is -9.88. The molecule has 0 heterocycles. The van der Waals surface area contributed by atoms with Crippen LogP contribution >= 0.6 is 15.6 Å². The molecule has 0 aliphatic carbocycles. The van der Waals surface area contributed by atoms with Crippen molar-refractivity contribution in [1.29, 1.82) is 0 Å². The molecule has 19 heteroatoms. The van der Waals surface area contributed by atoms with Gasteiger partial charge in [-0.15, -0.1) is 0 Å². The number of unbranched alkanes of at least 4 members (excludes halogenated alkanes) is 34. The molecule has 0 rings (SSSR count). The predicted molar refractivity (Wildman–Crippen MR) is 340 cm³/mol. The average Bonchev–Trinajstić information content (AvgIpc) is 3.55. The second-order valence-electron chi connectivity index (χ2n) is 24.6. The normalized spacial score (nSPS) is 14.6. The first kappa shape index (κ1) is 83.1. The van der Waals surface area contributed by atoms with Crippen molar-refractivity contribution in [3.63, 3.8) is 0 Å². The number of esters is 4. The summed E-state index contributed by atoms with van der Waals surface area (Å²) in [6.45, 7) is 9.46. The van der Waals surface area contributed by atoms with Crippen molar-refractivity contribution in [3.8, 4) is 0 Å². The van der Waals surface area contributed by atoms with E-state index in [-0.39, 0.29) is 25.7 Å². The Morgan fingerprint density at radius 3 is 0.894 bits per heavy atom. The fraction of sp³-hybridized carbons (Fsp3) is 0.939. The van der Waals surface area contributed by atoms with E-state index in [0.717, 1.165) is 127 Å². The molecule has 3 unspecified atom stereocenters. The number of hydrogen-bond acceptors (Lipinski definition) is 15. The lowest BCUT2D eigenvalue weighted by atomic mass is 9.99. The number of aliphatic hydroxyl groups excluding tert-OH is 1. The number of phosphoric acid groups is 2. The second kappa shape index (κ2) is 58.4. The molecule has 0 aromatic rings. The van der Waals surface area contributed by atoms with Crippen LogP contribution in [-0.4, -0.2) is 96.7 Å². The standard InChI is InChI=1S/C66H128O17P2/c1-7-10-12-14-28-36-42-48-63(68)76-54-61(82-65(70)50-44-38-29-15-13-11-8-2)56-80-84(72,73)78-52-60(67)53-79-85(74,75)81-57-62(55-77-64(69)49-43-37-32-27-26-31-35-41-47-59(6)9-3)83-66(71)51-45-39-33-25-23-21-19-17-16-18-20-22-24-30-34-40-46-58(4)5/h58-62,67H,7-57H2,1-6H3,(H,72,73)(H,74,75)/t59?,60-,61+,62+/m0/s1. The summed E-state index contributed by atoms with van der Waals surface area (Å²) >= 11 is 0. The summed E-state index contributed by atoms with van der Waals surface area (Å²) in [5, 5.41) is 10.5. The molecular weight excluding hydrogens is 1130 g/mol. The topological polar surface area (TPSA) is 237 Å². The van der Waals surface area contributed by atoms with Gasteiger partial charge in [0.25, 0.3) is 0 Å². The fourth-order valence-electron chi connectivity index (χ4n) is 9.85. The van der Waals surface area contributed by atoms with Crippen molar-refractivity contribution >= 4 is 39.5 Å². The molecule has 0 amide bonds. The van der Waals surface area contributed by atoms with Crippen molar-refractivity contribution in [2.24, 2.45) is 11.8 Å². The largest absolute Gasteiger partial charge is 0.472 e. The Bertz CT molecular complexity index is 1670. The van der Waals surface area contributed by atoms with Gasteiger partial charge in [-0.05, 0) is 37.5 Å². The molecule has 0 bridgehead atoms. The third-order valence-corrected chi connectivity index (χ3v) is 17.5. The zero-order chi connectivity index (χ0) is 62.9. The van der Waals surface area contributed by atoms with Crippen LogP contribution in [0.2, 0.25) is 0 Å². The Labute approximate surface area is 517 Å². The van der Waals surface area contributed by atoms with Gasteiger partial charge < -0.3 is 33.8 Å². The number of phosphoric ester groups is 2. The van der Waals surface area contributed by atoms with Crippen LogP contribution in [0.15, 0.2) is 0 Å². The Kier molecular flexibility index (Phi) is 57.1. The third-order valence-electron chi connectivity index (χ3n) is 15.6. The molecule has 0 aromatic carbocycles.